The predicted octanol–water partition coefficient (Wildman–Crippen LogP) is 4.38. The fraction of sp³-hybridized carbons (Fsp3) is 0.278. The van der Waals surface area contributed by atoms with Crippen LogP contribution in [0.25, 0.3) is 0 Å². The molecule has 0 bridgehead atoms. The van der Waals surface area contributed by atoms with Crippen LogP contribution in [0, 0.1) is 13.8 Å². The Labute approximate surface area is 126 Å². The molecule has 0 atom stereocenters. The van der Waals surface area contributed by atoms with Crippen LogP contribution in [0.1, 0.15) is 34.8 Å². The molecular formula is C18H22N2O. The first kappa shape index (κ1) is 15.1. The maximum absolute atomic E-state index is 12.5. The standard InChI is InChI=1S/C18H22N2O/c1-4-11-19-17-12-13(2)9-10-15(17)18(21)20-16-8-6-5-7-14(16)3/h5-10,12,19H,4,11H2,1-3H3,(H,20,21). The normalized spacial score (nSPS) is 10.2. The lowest BCUT2D eigenvalue weighted by Crippen LogP contribution is -2.16. The van der Waals surface area contributed by atoms with Gasteiger partial charge in [-0.05, 0) is 49.6 Å². The van der Waals surface area contributed by atoms with E-state index < -0.39 is 0 Å². The van der Waals surface area contributed by atoms with Crippen LogP contribution >= 0.6 is 0 Å². The SMILES string of the molecule is CCCNc1cc(C)ccc1C(=O)Nc1ccccc1C. The molecule has 2 rings (SSSR count). The smallest absolute Gasteiger partial charge is 0.257 e. The highest BCUT2D eigenvalue weighted by Crippen LogP contribution is 2.21. The van der Waals surface area contributed by atoms with E-state index in [0.717, 1.165) is 35.5 Å². The Morgan fingerprint density at radius 1 is 1.05 bits per heavy atom. The summed E-state index contributed by atoms with van der Waals surface area (Å²) >= 11 is 0. The second kappa shape index (κ2) is 6.93. The van der Waals surface area contributed by atoms with Gasteiger partial charge in [0.2, 0.25) is 0 Å². The molecule has 0 saturated carbocycles. The zero-order valence-corrected chi connectivity index (χ0v) is 12.9. The van der Waals surface area contributed by atoms with E-state index in [1.165, 1.54) is 0 Å². The van der Waals surface area contributed by atoms with Crippen molar-refractivity contribution in [2.24, 2.45) is 0 Å². The molecule has 0 radical (unpaired) electrons. The van der Waals surface area contributed by atoms with E-state index in [9.17, 15) is 4.79 Å². The predicted molar refractivity (Wildman–Crippen MR) is 89.1 cm³/mol. The van der Waals surface area contributed by atoms with Crippen LogP contribution in [0.2, 0.25) is 0 Å². The molecule has 2 aromatic carbocycles. The van der Waals surface area contributed by atoms with Crippen molar-refractivity contribution in [1.29, 1.82) is 0 Å². The van der Waals surface area contributed by atoms with E-state index >= 15 is 0 Å². The molecule has 0 unspecified atom stereocenters. The van der Waals surface area contributed by atoms with Crippen molar-refractivity contribution in [2.45, 2.75) is 27.2 Å². The van der Waals surface area contributed by atoms with E-state index in [4.69, 9.17) is 0 Å². The summed E-state index contributed by atoms with van der Waals surface area (Å²) in [7, 11) is 0. The summed E-state index contributed by atoms with van der Waals surface area (Å²) < 4.78 is 0. The number of rotatable bonds is 5. The van der Waals surface area contributed by atoms with E-state index in [0.29, 0.717) is 5.56 Å². The molecule has 1 amide bonds. The first-order valence-corrected chi connectivity index (χ1v) is 7.33. The largest absolute Gasteiger partial charge is 0.384 e. The molecule has 3 heteroatoms. The Bertz CT molecular complexity index is 635. The lowest BCUT2D eigenvalue weighted by Gasteiger charge is -2.13. The molecule has 110 valence electrons. The second-order valence-electron chi connectivity index (χ2n) is 5.24. The number of carbonyl (C=O) groups excluding carboxylic acids is 1. The third-order valence-corrected chi connectivity index (χ3v) is 3.38. The second-order valence-corrected chi connectivity index (χ2v) is 5.24. The number of anilines is 2. The minimum absolute atomic E-state index is 0.0806. The molecule has 0 heterocycles. The van der Waals surface area contributed by atoms with Gasteiger partial charge < -0.3 is 10.6 Å². The van der Waals surface area contributed by atoms with Crippen LogP contribution in [-0.2, 0) is 0 Å². The van der Waals surface area contributed by atoms with Gasteiger partial charge in [-0.15, -0.1) is 0 Å². The number of nitrogens with one attached hydrogen (secondary N) is 2. The Hall–Kier alpha value is -2.29. The first-order valence-electron chi connectivity index (χ1n) is 7.33. The number of aryl methyl sites for hydroxylation is 2. The molecule has 2 aromatic rings. The van der Waals surface area contributed by atoms with Crippen LogP contribution in [0.5, 0.6) is 0 Å². The average molecular weight is 282 g/mol. The maximum atomic E-state index is 12.5. The Kier molecular flexibility index (Phi) is 4.99. The monoisotopic (exact) mass is 282 g/mol. The van der Waals surface area contributed by atoms with Gasteiger partial charge in [-0.1, -0.05) is 31.2 Å². The van der Waals surface area contributed by atoms with Crippen LogP contribution in [0.4, 0.5) is 11.4 Å². The van der Waals surface area contributed by atoms with Gasteiger partial charge in [0.15, 0.2) is 0 Å². The van der Waals surface area contributed by atoms with Crippen LogP contribution < -0.4 is 10.6 Å². The molecule has 3 nitrogen and oxygen atoms in total. The molecule has 2 N–H and O–H groups in total. The van der Waals surface area contributed by atoms with Crippen molar-refractivity contribution >= 4 is 17.3 Å². The Morgan fingerprint density at radius 3 is 2.52 bits per heavy atom. The zero-order chi connectivity index (χ0) is 15.2. The molecule has 21 heavy (non-hydrogen) atoms. The van der Waals surface area contributed by atoms with Crippen molar-refractivity contribution in [1.82, 2.24) is 0 Å². The summed E-state index contributed by atoms with van der Waals surface area (Å²) in [4.78, 5) is 12.5. The molecule has 0 aliphatic heterocycles. The van der Waals surface area contributed by atoms with Gasteiger partial charge in [-0.3, -0.25) is 4.79 Å². The zero-order valence-electron chi connectivity index (χ0n) is 12.9. The summed E-state index contributed by atoms with van der Waals surface area (Å²) in [5, 5.41) is 6.31. The summed E-state index contributed by atoms with van der Waals surface area (Å²) in [6.45, 7) is 6.98. The van der Waals surface area contributed by atoms with Crippen molar-refractivity contribution < 1.29 is 4.79 Å². The third kappa shape index (κ3) is 3.85. The Balaban J connectivity index is 2.24. The maximum Gasteiger partial charge on any atom is 0.257 e. The topological polar surface area (TPSA) is 41.1 Å². The van der Waals surface area contributed by atoms with Crippen molar-refractivity contribution in [3.63, 3.8) is 0 Å². The Morgan fingerprint density at radius 2 is 1.81 bits per heavy atom. The molecule has 0 fully saturated rings. The summed E-state index contributed by atoms with van der Waals surface area (Å²) in [5.74, 6) is -0.0806. The van der Waals surface area contributed by atoms with Crippen molar-refractivity contribution in [3.8, 4) is 0 Å². The van der Waals surface area contributed by atoms with Gasteiger partial charge in [0.1, 0.15) is 0 Å². The highest BCUT2D eigenvalue weighted by atomic mass is 16.1. The number of benzene rings is 2. The summed E-state index contributed by atoms with van der Waals surface area (Å²) in [5.41, 5.74) is 4.62. The van der Waals surface area contributed by atoms with Gasteiger partial charge in [-0.25, -0.2) is 0 Å². The van der Waals surface area contributed by atoms with Crippen molar-refractivity contribution in [3.05, 3.63) is 59.2 Å². The summed E-state index contributed by atoms with van der Waals surface area (Å²) in [6, 6.07) is 13.6. The highest BCUT2D eigenvalue weighted by molar-refractivity contribution is 6.08. The number of para-hydroxylation sites is 1. The van der Waals surface area contributed by atoms with E-state index in [-0.39, 0.29) is 5.91 Å². The van der Waals surface area contributed by atoms with Gasteiger partial charge in [-0.2, -0.15) is 0 Å². The molecule has 0 aliphatic carbocycles. The summed E-state index contributed by atoms with van der Waals surface area (Å²) in [6.07, 6.45) is 1.02. The average Bonchev–Trinajstić information content (AvgIpc) is 2.47. The van der Waals surface area contributed by atoms with Gasteiger partial charge in [0.25, 0.3) is 5.91 Å². The molecule has 0 aliphatic rings. The molecule has 0 aromatic heterocycles. The van der Waals surface area contributed by atoms with Crippen LogP contribution in [-0.4, -0.2) is 12.5 Å². The fourth-order valence-corrected chi connectivity index (χ4v) is 2.16. The lowest BCUT2D eigenvalue weighted by atomic mass is 10.1. The minimum atomic E-state index is -0.0806. The van der Waals surface area contributed by atoms with Crippen LogP contribution in [0.3, 0.4) is 0 Å². The third-order valence-electron chi connectivity index (χ3n) is 3.38. The van der Waals surface area contributed by atoms with Gasteiger partial charge in [0, 0.05) is 17.9 Å². The van der Waals surface area contributed by atoms with Crippen molar-refractivity contribution in [2.75, 3.05) is 17.2 Å². The minimum Gasteiger partial charge on any atom is -0.384 e. The molecule has 0 saturated heterocycles. The molecular weight excluding hydrogens is 260 g/mol. The molecule has 0 spiro atoms. The number of amides is 1. The van der Waals surface area contributed by atoms with E-state index in [1.807, 2.05) is 56.3 Å². The highest BCUT2D eigenvalue weighted by Gasteiger charge is 2.12. The lowest BCUT2D eigenvalue weighted by molar-refractivity contribution is 0.102. The number of carbonyl (C=O) groups is 1. The van der Waals surface area contributed by atoms with E-state index in [2.05, 4.69) is 17.6 Å². The van der Waals surface area contributed by atoms with E-state index in [1.54, 1.807) is 0 Å². The van der Waals surface area contributed by atoms with Gasteiger partial charge in [0.05, 0.1) is 5.56 Å². The number of hydrogen-bond donors (Lipinski definition) is 2. The fourth-order valence-electron chi connectivity index (χ4n) is 2.16. The van der Waals surface area contributed by atoms with Crippen LogP contribution in [0.15, 0.2) is 42.5 Å². The quantitative estimate of drug-likeness (QED) is 0.854. The first-order chi connectivity index (χ1) is 10.1. The number of hydrogen-bond acceptors (Lipinski definition) is 2. The van der Waals surface area contributed by atoms with Gasteiger partial charge >= 0.3 is 0 Å².